The average Bonchev–Trinajstić information content (AvgIpc) is 2.53. The molecule has 0 saturated heterocycles. The summed E-state index contributed by atoms with van der Waals surface area (Å²) in [7, 11) is 1.63. The standard InChI is InChI=1S/C19H23NO3/c1-19(2,20-14-21)12-16-9-10-17(22-3)18(11-16)23-13-15-7-5-4-6-8-15/h4-11,14H,12-13H2,1-3H3,(H,20,21). The number of hydrogen-bond acceptors (Lipinski definition) is 3. The third kappa shape index (κ3) is 5.02. The highest BCUT2D eigenvalue weighted by atomic mass is 16.5. The Balaban J connectivity index is 2.13. The van der Waals surface area contributed by atoms with Crippen molar-refractivity contribution in [2.45, 2.75) is 32.4 Å². The van der Waals surface area contributed by atoms with Crippen molar-refractivity contribution in [3.8, 4) is 11.5 Å². The summed E-state index contributed by atoms with van der Waals surface area (Å²) < 4.78 is 11.3. The lowest BCUT2D eigenvalue weighted by atomic mass is 9.95. The number of nitrogens with one attached hydrogen (secondary N) is 1. The summed E-state index contributed by atoms with van der Waals surface area (Å²) in [6, 6.07) is 15.8. The molecule has 0 saturated carbocycles. The molecule has 0 aliphatic rings. The van der Waals surface area contributed by atoms with Gasteiger partial charge in [-0.3, -0.25) is 4.79 Å². The monoisotopic (exact) mass is 313 g/mol. The number of rotatable bonds is 8. The fourth-order valence-corrected chi connectivity index (χ4v) is 2.40. The third-order valence-corrected chi connectivity index (χ3v) is 3.56. The summed E-state index contributed by atoms with van der Waals surface area (Å²) in [5.74, 6) is 1.40. The minimum atomic E-state index is -0.312. The molecule has 4 nitrogen and oxygen atoms in total. The van der Waals surface area contributed by atoms with Gasteiger partial charge in [0.05, 0.1) is 7.11 Å². The quantitative estimate of drug-likeness (QED) is 0.760. The number of amides is 1. The lowest BCUT2D eigenvalue weighted by molar-refractivity contribution is -0.110. The molecule has 0 atom stereocenters. The van der Waals surface area contributed by atoms with E-state index in [9.17, 15) is 4.79 Å². The van der Waals surface area contributed by atoms with Gasteiger partial charge in [-0.2, -0.15) is 0 Å². The minimum Gasteiger partial charge on any atom is -0.493 e. The molecule has 1 amide bonds. The molecule has 122 valence electrons. The summed E-state index contributed by atoms with van der Waals surface area (Å²) in [5, 5.41) is 2.82. The van der Waals surface area contributed by atoms with Crippen molar-refractivity contribution in [1.82, 2.24) is 5.32 Å². The van der Waals surface area contributed by atoms with E-state index in [1.54, 1.807) is 7.11 Å². The van der Waals surface area contributed by atoms with E-state index in [-0.39, 0.29) is 5.54 Å². The maximum absolute atomic E-state index is 10.7. The molecule has 4 heteroatoms. The van der Waals surface area contributed by atoms with E-state index in [0.717, 1.165) is 17.5 Å². The van der Waals surface area contributed by atoms with Crippen molar-refractivity contribution in [2.75, 3.05) is 7.11 Å². The van der Waals surface area contributed by atoms with E-state index in [2.05, 4.69) is 5.32 Å². The molecule has 0 heterocycles. The van der Waals surface area contributed by atoms with Crippen molar-refractivity contribution in [3.63, 3.8) is 0 Å². The van der Waals surface area contributed by atoms with Crippen molar-refractivity contribution >= 4 is 6.41 Å². The number of carbonyl (C=O) groups is 1. The maximum Gasteiger partial charge on any atom is 0.207 e. The second-order valence-corrected chi connectivity index (χ2v) is 6.08. The van der Waals surface area contributed by atoms with Gasteiger partial charge in [0.1, 0.15) is 6.61 Å². The first-order valence-electron chi connectivity index (χ1n) is 7.59. The van der Waals surface area contributed by atoms with Crippen molar-refractivity contribution in [3.05, 3.63) is 59.7 Å². The summed E-state index contributed by atoms with van der Waals surface area (Å²) in [6.07, 6.45) is 1.44. The van der Waals surface area contributed by atoms with Crippen LogP contribution in [0.4, 0.5) is 0 Å². The van der Waals surface area contributed by atoms with Crippen molar-refractivity contribution in [1.29, 1.82) is 0 Å². The molecule has 0 spiro atoms. The van der Waals surface area contributed by atoms with Crippen LogP contribution >= 0.6 is 0 Å². The fraction of sp³-hybridized carbons (Fsp3) is 0.316. The molecule has 0 radical (unpaired) electrons. The van der Waals surface area contributed by atoms with Crippen molar-refractivity contribution in [2.24, 2.45) is 0 Å². The zero-order valence-corrected chi connectivity index (χ0v) is 13.8. The zero-order chi connectivity index (χ0) is 16.7. The molecule has 0 fully saturated rings. The van der Waals surface area contributed by atoms with Crippen LogP contribution in [0.3, 0.4) is 0 Å². The first kappa shape index (κ1) is 16.9. The Morgan fingerprint density at radius 2 is 1.78 bits per heavy atom. The van der Waals surface area contributed by atoms with Crippen LogP contribution in [0.5, 0.6) is 11.5 Å². The highest BCUT2D eigenvalue weighted by molar-refractivity contribution is 5.48. The Morgan fingerprint density at radius 3 is 2.43 bits per heavy atom. The van der Waals surface area contributed by atoms with E-state index in [4.69, 9.17) is 9.47 Å². The van der Waals surface area contributed by atoms with Crippen molar-refractivity contribution < 1.29 is 14.3 Å². The van der Waals surface area contributed by atoms with Gasteiger partial charge < -0.3 is 14.8 Å². The highest BCUT2D eigenvalue weighted by Gasteiger charge is 2.18. The normalized spacial score (nSPS) is 10.9. The van der Waals surface area contributed by atoms with E-state index in [1.165, 1.54) is 0 Å². The number of hydrogen-bond donors (Lipinski definition) is 1. The second kappa shape index (κ2) is 7.68. The molecule has 2 aromatic rings. The van der Waals surface area contributed by atoms with E-state index in [0.29, 0.717) is 24.5 Å². The van der Waals surface area contributed by atoms with Crippen LogP contribution < -0.4 is 14.8 Å². The number of ether oxygens (including phenoxy) is 2. The maximum atomic E-state index is 10.7. The number of benzene rings is 2. The van der Waals surface area contributed by atoms with Gasteiger partial charge in [-0.1, -0.05) is 36.4 Å². The molecule has 0 bridgehead atoms. The van der Waals surface area contributed by atoms with Crippen LogP contribution in [0.25, 0.3) is 0 Å². The molecule has 0 aromatic heterocycles. The molecule has 0 unspecified atom stereocenters. The number of carbonyl (C=O) groups excluding carboxylic acids is 1. The first-order valence-corrected chi connectivity index (χ1v) is 7.59. The molecular weight excluding hydrogens is 290 g/mol. The Labute approximate surface area is 137 Å². The predicted molar refractivity (Wildman–Crippen MR) is 90.8 cm³/mol. The second-order valence-electron chi connectivity index (χ2n) is 6.08. The SMILES string of the molecule is COc1ccc(CC(C)(C)NC=O)cc1OCc1ccccc1. The van der Waals surface area contributed by atoms with Gasteiger partial charge in [0.25, 0.3) is 0 Å². The number of methoxy groups -OCH3 is 1. The molecule has 2 aromatic carbocycles. The summed E-state index contributed by atoms with van der Waals surface area (Å²) >= 11 is 0. The summed E-state index contributed by atoms with van der Waals surface area (Å²) in [4.78, 5) is 10.7. The minimum absolute atomic E-state index is 0.312. The largest absolute Gasteiger partial charge is 0.493 e. The van der Waals surface area contributed by atoms with Crippen LogP contribution in [0.1, 0.15) is 25.0 Å². The van der Waals surface area contributed by atoms with Gasteiger partial charge in [0.2, 0.25) is 6.41 Å². The highest BCUT2D eigenvalue weighted by Crippen LogP contribution is 2.30. The van der Waals surface area contributed by atoms with Gasteiger partial charge in [0.15, 0.2) is 11.5 Å². The lowest BCUT2D eigenvalue weighted by Crippen LogP contribution is -2.40. The van der Waals surface area contributed by atoms with Gasteiger partial charge in [-0.25, -0.2) is 0 Å². The molecule has 2 rings (SSSR count). The third-order valence-electron chi connectivity index (χ3n) is 3.56. The topological polar surface area (TPSA) is 47.6 Å². The average molecular weight is 313 g/mol. The van der Waals surface area contributed by atoms with Crippen LogP contribution in [-0.2, 0) is 17.8 Å². The first-order chi connectivity index (χ1) is 11.0. The van der Waals surface area contributed by atoms with Crippen LogP contribution in [0.2, 0.25) is 0 Å². The molecule has 1 N–H and O–H groups in total. The fourth-order valence-electron chi connectivity index (χ4n) is 2.40. The van der Waals surface area contributed by atoms with Crippen LogP contribution in [0.15, 0.2) is 48.5 Å². The smallest absolute Gasteiger partial charge is 0.207 e. The zero-order valence-electron chi connectivity index (χ0n) is 13.8. The molecule has 0 aliphatic heterocycles. The van der Waals surface area contributed by atoms with Gasteiger partial charge in [0, 0.05) is 5.54 Å². The summed E-state index contributed by atoms with van der Waals surface area (Å²) in [5.41, 5.74) is 1.86. The van der Waals surface area contributed by atoms with E-state index < -0.39 is 0 Å². The Hall–Kier alpha value is -2.49. The molecule has 0 aliphatic carbocycles. The molecule has 23 heavy (non-hydrogen) atoms. The van der Waals surface area contributed by atoms with E-state index in [1.807, 2.05) is 62.4 Å². The van der Waals surface area contributed by atoms with Gasteiger partial charge >= 0.3 is 0 Å². The predicted octanol–water partition coefficient (Wildman–Crippen LogP) is 3.34. The Morgan fingerprint density at radius 1 is 1.04 bits per heavy atom. The van der Waals surface area contributed by atoms with Gasteiger partial charge in [-0.15, -0.1) is 0 Å². The summed E-state index contributed by atoms with van der Waals surface area (Å²) in [6.45, 7) is 4.45. The molecular formula is C19H23NO3. The van der Waals surface area contributed by atoms with E-state index >= 15 is 0 Å². The van der Waals surface area contributed by atoms with Gasteiger partial charge in [-0.05, 0) is 43.5 Å². The Kier molecular flexibility index (Phi) is 5.63. The van der Waals surface area contributed by atoms with Crippen LogP contribution in [0, 0.1) is 0 Å². The van der Waals surface area contributed by atoms with Crippen LogP contribution in [-0.4, -0.2) is 19.1 Å². The Bertz CT molecular complexity index is 638. The lowest BCUT2D eigenvalue weighted by Gasteiger charge is -2.24.